The number of halogens is 1. The number of anilines is 1. The molecule has 5 nitrogen and oxygen atoms in total. The van der Waals surface area contributed by atoms with Crippen LogP contribution in [0, 0.1) is 13.8 Å². The first kappa shape index (κ1) is 20.7. The van der Waals surface area contributed by atoms with E-state index < -0.39 is 5.91 Å². The Balaban J connectivity index is 1.67. The maximum atomic E-state index is 13.2. The van der Waals surface area contributed by atoms with Crippen molar-refractivity contribution in [1.82, 2.24) is 0 Å². The van der Waals surface area contributed by atoms with E-state index in [0.29, 0.717) is 33.0 Å². The zero-order chi connectivity index (χ0) is 22.0. The second-order valence-corrected chi connectivity index (χ2v) is 7.69. The number of rotatable bonds is 5. The van der Waals surface area contributed by atoms with Crippen molar-refractivity contribution in [2.24, 2.45) is 0 Å². The molecule has 6 heteroatoms. The first-order valence-corrected chi connectivity index (χ1v) is 10.1. The van der Waals surface area contributed by atoms with Crippen molar-refractivity contribution < 1.29 is 13.9 Å². The number of benzene rings is 3. The van der Waals surface area contributed by atoms with Gasteiger partial charge < -0.3 is 14.5 Å². The molecule has 3 aromatic carbocycles. The predicted octanol–water partition coefficient (Wildman–Crippen LogP) is 5.75. The van der Waals surface area contributed by atoms with Gasteiger partial charge in [-0.05, 0) is 55.3 Å². The molecular weight excluding hydrogens is 414 g/mol. The molecule has 0 spiro atoms. The van der Waals surface area contributed by atoms with Crippen LogP contribution in [0.4, 0.5) is 5.69 Å². The van der Waals surface area contributed by atoms with E-state index in [4.69, 9.17) is 20.8 Å². The molecular formula is C25H20ClNO4. The second kappa shape index (κ2) is 8.66. The van der Waals surface area contributed by atoms with Gasteiger partial charge in [0.2, 0.25) is 11.2 Å². The van der Waals surface area contributed by atoms with Gasteiger partial charge in [-0.25, -0.2) is 0 Å². The van der Waals surface area contributed by atoms with Crippen LogP contribution in [0.1, 0.15) is 11.1 Å². The highest BCUT2D eigenvalue weighted by Gasteiger charge is 2.19. The molecule has 0 saturated carbocycles. The van der Waals surface area contributed by atoms with Crippen molar-refractivity contribution in [3.05, 3.63) is 93.1 Å². The van der Waals surface area contributed by atoms with Gasteiger partial charge in [-0.15, -0.1) is 0 Å². The second-order valence-electron chi connectivity index (χ2n) is 7.25. The largest absolute Gasteiger partial charge is 0.476 e. The van der Waals surface area contributed by atoms with Gasteiger partial charge >= 0.3 is 0 Å². The number of aryl methyl sites for hydroxylation is 2. The topological polar surface area (TPSA) is 68.5 Å². The molecule has 0 unspecified atom stereocenters. The number of carbonyl (C=O) groups excluding carboxylic acids is 1. The predicted molar refractivity (Wildman–Crippen MR) is 123 cm³/mol. The Morgan fingerprint density at radius 1 is 1.03 bits per heavy atom. The Morgan fingerprint density at radius 2 is 1.81 bits per heavy atom. The molecule has 156 valence electrons. The lowest BCUT2D eigenvalue weighted by molar-refractivity contribution is -0.118. The fourth-order valence-electron chi connectivity index (χ4n) is 3.29. The summed E-state index contributed by atoms with van der Waals surface area (Å²) in [5.74, 6) is -0.0995. The Bertz CT molecular complexity index is 1330. The number of carbonyl (C=O) groups is 1. The quantitative estimate of drug-likeness (QED) is 0.435. The van der Waals surface area contributed by atoms with Gasteiger partial charge in [0.1, 0.15) is 5.58 Å². The van der Waals surface area contributed by atoms with Crippen molar-refractivity contribution in [2.75, 3.05) is 11.9 Å². The maximum Gasteiger partial charge on any atom is 0.262 e. The van der Waals surface area contributed by atoms with Crippen LogP contribution in [0.2, 0.25) is 5.02 Å². The lowest BCUT2D eigenvalue weighted by Gasteiger charge is -2.13. The third-order valence-corrected chi connectivity index (χ3v) is 5.09. The van der Waals surface area contributed by atoms with Crippen molar-refractivity contribution in [3.63, 3.8) is 0 Å². The van der Waals surface area contributed by atoms with Gasteiger partial charge in [0.25, 0.3) is 5.91 Å². The first-order valence-electron chi connectivity index (χ1n) is 9.74. The van der Waals surface area contributed by atoms with E-state index in [-0.39, 0.29) is 17.8 Å². The van der Waals surface area contributed by atoms with E-state index >= 15 is 0 Å². The Morgan fingerprint density at radius 3 is 2.55 bits per heavy atom. The standard InChI is InChI=1S/C25H20ClNO4/c1-15-8-10-19-21(12-15)31-24(17-6-4-3-5-7-17)25(23(19)29)30-14-22(28)27-20-11-9-18(26)13-16(20)2/h3-13H,14H2,1-2H3,(H,27,28). The van der Waals surface area contributed by atoms with Gasteiger partial charge in [-0.1, -0.05) is 48.0 Å². The lowest BCUT2D eigenvalue weighted by Crippen LogP contribution is -2.23. The third-order valence-electron chi connectivity index (χ3n) is 4.85. The molecule has 4 rings (SSSR count). The summed E-state index contributed by atoms with van der Waals surface area (Å²) < 4.78 is 11.8. The van der Waals surface area contributed by atoms with Gasteiger partial charge in [-0.2, -0.15) is 0 Å². The summed E-state index contributed by atoms with van der Waals surface area (Å²) in [6.07, 6.45) is 0. The number of ether oxygens (including phenoxy) is 1. The molecule has 0 bridgehead atoms. The number of hydrogen-bond acceptors (Lipinski definition) is 4. The Kier molecular flexibility index (Phi) is 5.78. The average Bonchev–Trinajstić information content (AvgIpc) is 2.75. The van der Waals surface area contributed by atoms with Gasteiger partial charge in [0.05, 0.1) is 5.39 Å². The van der Waals surface area contributed by atoms with Crippen LogP contribution in [-0.4, -0.2) is 12.5 Å². The number of hydrogen-bond donors (Lipinski definition) is 1. The summed E-state index contributed by atoms with van der Waals surface area (Å²) in [7, 11) is 0. The van der Waals surface area contributed by atoms with E-state index in [1.165, 1.54) is 0 Å². The maximum absolute atomic E-state index is 13.2. The molecule has 0 aliphatic rings. The zero-order valence-corrected chi connectivity index (χ0v) is 17.8. The molecule has 0 saturated heterocycles. The minimum Gasteiger partial charge on any atom is -0.476 e. The summed E-state index contributed by atoms with van der Waals surface area (Å²) in [4.78, 5) is 25.7. The summed E-state index contributed by atoms with van der Waals surface area (Å²) >= 11 is 5.96. The Labute approximate surface area is 184 Å². The van der Waals surface area contributed by atoms with Crippen molar-refractivity contribution in [2.45, 2.75) is 13.8 Å². The van der Waals surface area contributed by atoms with Gasteiger partial charge in [0, 0.05) is 16.3 Å². The summed E-state index contributed by atoms with van der Waals surface area (Å²) in [6, 6.07) is 19.7. The molecule has 0 aliphatic heterocycles. The molecule has 0 aliphatic carbocycles. The highest BCUT2D eigenvalue weighted by molar-refractivity contribution is 6.30. The van der Waals surface area contributed by atoms with Crippen LogP contribution in [0.25, 0.3) is 22.3 Å². The van der Waals surface area contributed by atoms with Crippen molar-refractivity contribution >= 4 is 34.2 Å². The van der Waals surface area contributed by atoms with Gasteiger partial charge in [0.15, 0.2) is 12.4 Å². The van der Waals surface area contributed by atoms with Crippen LogP contribution in [0.15, 0.2) is 75.9 Å². The van der Waals surface area contributed by atoms with E-state index in [1.807, 2.05) is 56.3 Å². The summed E-state index contributed by atoms with van der Waals surface area (Å²) in [5.41, 5.74) is 3.26. The molecule has 1 aromatic heterocycles. The van der Waals surface area contributed by atoms with Crippen molar-refractivity contribution in [1.29, 1.82) is 0 Å². The molecule has 31 heavy (non-hydrogen) atoms. The molecule has 1 N–H and O–H groups in total. The van der Waals surface area contributed by atoms with E-state index in [2.05, 4.69) is 5.32 Å². The third kappa shape index (κ3) is 4.47. The van der Waals surface area contributed by atoms with Crippen LogP contribution >= 0.6 is 11.6 Å². The monoisotopic (exact) mass is 433 g/mol. The first-order chi connectivity index (χ1) is 14.9. The molecule has 1 amide bonds. The molecule has 0 radical (unpaired) electrons. The number of nitrogens with one attached hydrogen (secondary N) is 1. The molecule has 0 atom stereocenters. The van der Waals surface area contributed by atoms with Gasteiger partial charge in [-0.3, -0.25) is 9.59 Å². The fourth-order valence-corrected chi connectivity index (χ4v) is 3.51. The smallest absolute Gasteiger partial charge is 0.262 e. The number of amides is 1. The zero-order valence-electron chi connectivity index (χ0n) is 17.1. The van der Waals surface area contributed by atoms with E-state index in [1.54, 1.807) is 24.3 Å². The summed E-state index contributed by atoms with van der Waals surface area (Å²) in [5, 5.41) is 3.76. The van der Waals surface area contributed by atoms with Crippen LogP contribution in [0.3, 0.4) is 0 Å². The number of fused-ring (bicyclic) bond motifs is 1. The van der Waals surface area contributed by atoms with E-state index in [9.17, 15) is 9.59 Å². The minimum absolute atomic E-state index is 0.00512. The van der Waals surface area contributed by atoms with Crippen molar-refractivity contribution in [3.8, 4) is 17.1 Å². The fraction of sp³-hybridized carbons (Fsp3) is 0.120. The van der Waals surface area contributed by atoms with E-state index in [0.717, 1.165) is 11.1 Å². The van der Waals surface area contributed by atoms with Crippen LogP contribution in [-0.2, 0) is 4.79 Å². The minimum atomic E-state index is -0.396. The summed E-state index contributed by atoms with van der Waals surface area (Å²) in [6.45, 7) is 3.43. The van der Waals surface area contributed by atoms with Crippen LogP contribution in [0.5, 0.6) is 5.75 Å². The lowest BCUT2D eigenvalue weighted by atomic mass is 10.1. The molecule has 4 aromatic rings. The SMILES string of the molecule is Cc1ccc2c(=O)c(OCC(=O)Nc3ccc(Cl)cc3C)c(-c3ccccc3)oc2c1. The Hall–Kier alpha value is -3.57. The average molecular weight is 434 g/mol. The highest BCUT2D eigenvalue weighted by Crippen LogP contribution is 2.31. The molecule has 1 heterocycles. The normalized spacial score (nSPS) is 10.8. The van der Waals surface area contributed by atoms with Crippen LogP contribution < -0.4 is 15.5 Å². The highest BCUT2D eigenvalue weighted by atomic mass is 35.5. The molecule has 0 fully saturated rings.